The Bertz CT molecular complexity index is 3200. The first-order valence-electron chi connectivity index (χ1n) is 17.2. The fourth-order valence-corrected chi connectivity index (χ4v) is 7.55. The third-order valence-corrected chi connectivity index (χ3v) is 9.91. The van der Waals surface area contributed by atoms with E-state index in [0.29, 0.717) is 11.6 Å². The Morgan fingerprint density at radius 3 is 1.65 bits per heavy atom. The minimum atomic E-state index is 0.626. The van der Waals surface area contributed by atoms with Gasteiger partial charge in [-0.05, 0) is 48.5 Å². The molecule has 0 unspecified atom stereocenters. The Kier molecular flexibility index (Phi) is 6.15. The number of nitrogens with zero attached hydrogens (tertiary/aromatic N) is 4. The molecule has 0 spiro atoms. The van der Waals surface area contributed by atoms with Crippen molar-refractivity contribution in [2.45, 2.75) is 0 Å². The summed E-state index contributed by atoms with van der Waals surface area (Å²) < 4.78 is 12.7. The van der Waals surface area contributed by atoms with Crippen molar-refractivity contribution in [3.63, 3.8) is 0 Å². The molecule has 6 nitrogen and oxygen atoms in total. The molecule has 0 aliphatic rings. The summed E-state index contributed by atoms with van der Waals surface area (Å²) >= 11 is 0. The molecule has 0 radical (unpaired) electrons. The summed E-state index contributed by atoms with van der Waals surface area (Å²) in [4.78, 5) is 20.7. The Morgan fingerprint density at radius 1 is 0.327 bits per heavy atom. The SMILES string of the molecule is c1ccc(-c2nc(-c3cccc4oc5ccc(-c6nc(-c7cccc8oc9ccccc9c78)c7ccccc7n6)cc5c34)nc3ccccc23)cc1. The van der Waals surface area contributed by atoms with E-state index in [9.17, 15) is 0 Å². The van der Waals surface area contributed by atoms with Crippen LogP contribution >= 0.6 is 0 Å². The summed E-state index contributed by atoms with van der Waals surface area (Å²) in [6.45, 7) is 0. The van der Waals surface area contributed by atoms with E-state index in [0.717, 1.165) is 99.3 Å². The van der Waals surface area contributed by atoms with E-state index in [2.05, 4.69) is 48.5 Å². The first-order chi connectivity index (χ1) is 25.8. The van der Waals surface area contributed by atoms with Crippen molar-refractivity contribution in [3.05, 3.63) is 158 Å². The lowest BCUT2D eigenvalue weighted by Crippen LogP contribution is -1.96. The maximum atomic E-state index is 6.44. The van der Waals surface area contributed by atoms with Gasteiger partial charge in [0.25, 0.3) is 0 Å². The van der Waals surface area contributed by atoms with Crippen molar-refractivity contribution in [3.8, 4) is 45.3 Å². The van der Waals surface area contributed by atoms with Gasteiger partial charge in [0, 0.05) is 54.6 Å². The predicted octanol–water partition coefficient (Wildman–Crippen LogP) is 12.0. The molecule has 7 aromatic carbocycles. The highest BCUT2D eigenvalue weighted by Gasteiger charge is 2.20. The van der Waals surface area contributed by atoms with Gasteiger partial charge in [0.15, 0.2) is 11.6 Å². The summed E-state index contributed by atoms with van der Waals surface area (Å²) in [5.74, 6) is 1.27. The fourth-order valence-electron chi connectivity index (χ4n) is 7.55. The predicted molar refractivity (Wildman–Crippen MR) is 209 cm³/mol. The summed E-state index contributed by atoms with van der Waals surface area (Å²) in [6.07, 6.45) is 0. The van der Waals surface area contributed by atoms with Crippen LogP contribution < -0.4 is 0 Å². The van der Waals surface area contributed by atoms with Crippen molar-refractivity contribution in [1.29, 1.82) is 0 Å². The topological polar surface area (TPSA) is 77.8 Å². The van der Waals surface area contributed by atoms with Crippen LogP contribution in [0.4, 0.5) is 0 Å². The first-order valence-corrected chi connectivity index (χ1v) is 17.2. The summed E-state index contributed by atoms with van der Waals surface area (Å²) in [6, 6.07) is 53.2. The van der Waals surface area contributed by atoms with Gasteiger partial charge in [-0.2, -0.15) is 0 Å². The number of benzene rings is 7. The summed E-state index contributed by atoms with van der Waals surface area (Å²) in [5.41, 5.74) is 10.5. The molecule has 11 aromatic rings. The second-order valence-electron chi connectivity index (χ2n) is 13.0. The van der Waals surface area contributed by atoms with E-state index in [4.69, 9.17) is 28.8 Å². The Morgan fingerprint density at radius 2 is 0.885 bits per heavy atom. The minimum Gasteiger partial charge on any atom is -0.456 e. The second-order valence-corrected chi connectivity index (χ2v) is 13.0. The molecule has 0 saturated heterocycles. The average molecular weight is 667 g/mol. The van der Waals surface area contributed by atoms with Crippen LogP contribution in [0.2, 0.25) is 0 Å². The number of hydrogen-bond acceptors (Lipinski definition) is 6. The van der Waals surface area contributed by atoms with Crippen LogP contribution in [0.25, 0.3) is 111 Å². The zero-order chi connectivity index (χ0) is 34.2. The van der Waals surface area contributed by atoms with E-state index in [1.54, 1.807) is 0 Å². The maximum Gasteiger partial charge on any atom is 0.161 e. The normalized spacial score (nSPS) is 11.8. The lowest BCUT2D eigenvalue weighted by Gasteiger charge is -2.11. The lowest BCUT2D eigenvalue weighted by molar-refractivity contribution is 0.668. The van der Waals surface area contributed by atoms with Gasteiger partial charge >= 0.3 is 0 Å². The van der Waals surface area contributed by atoms with E-state index in [1.807, 2.05) is 109 Å². The van der Waals surface area contributed by atoms with Gasteiger partial charge < -0.3 is 8.83 Å². The molecule has 0 aliphatic carbocycles. The third-order valence-electron chi connectivity index (χ3n) is 9.91. The Hall–Kier alpha value is -7.18. The molecule has 0 saturated carbocycles. The van der Waals surface area contributed by atoms with Gasteiger partial charge in [0.05, 0.1) is 22.4 Å². The monoisotopic (exact) mass is 666 g/mol. The molecule has 4 heterocycles. The third kappa shape index (κ3) is 4.38. The van der Waals surface area contributed by atoms with Gasteiger partial charge in [-0.1, -0.05) is 109 Å². The van der Waals surface area contributed by atoms with E-state index < -0.39 is 0 Å². The molecular weight excluding hydrogens is 641 g/mol. The Labute approximate surface area is 296 Å². The maximum absolute atomic E-state index is 6.44. The summed E-state index contributed by atoms with van der Waals surface area (Å²) in [5, 5.41) is 5.98. The fraction of sp³-hybridized carbons (Fsp3) is 0. The van der Waals surface area contributed by atoms with Crippen LogP contribution in [-0.4, -0.2) is 19.9 Å². The standard InChI is InChI=1S/C46H26N4O2/c1-2-12-27(13-3-1)43-29-14-4-7-19-35(29)48-46(49-43)33-18-11-23-40-42(33)34-26-28(24-25-38(34)52-40)45-47-36-20-8-5-15-30(36)44(50-45)32-17-10-22-39-41(32)31-16-6-9-21-37(31)51-39/h1-26H. The molecule has 242 valence electrons. The highest BCUT2D eigenvalue weighted by molar-refractivity contribution is 6.15. The lowest BCUT2D eigenvalue weighted by atomic mass is 9.99. The van der Waals surface area contributed by atoms with Crippen molar-refractivity contribution >= 4 is 65.7 Å². The van der Waals surface area contributed by atoms with Crippen LogP contribution in [0.15, 0.2) is 167 Å². The molecule has 0 N–H and O–H groups in total. The van der Waals surface area contributed by atoms with Crippen molar-refractivity contribution in [1.82, 2.24) is 19.9 Å². The quantitative estimate of drug-likeness (QED) is 0.186. The highest BCUT2D eigenvalue weighted by atomic mass is 16.3. The van der Waals surface area contributed by atoms with Gasteiger partial charge in [-0.15, -0.1) is 0 Å². The molecule has 4 aromatic heterocycles. The van der Waals surface area contributed by atoms with Gasteiger partial charge in [-0.3, -0.25) is 0 Å². The molecule has 0 atom stereocenters. The molecule has 6 heteroatoms. The molecule has 11 rings (SSSR count). The highest BCUT2D eigenvalue weighted by Crippen LogP contribution is 2.41. The number of para-hydroxylation sites is 3. The van der Waals surface area contributed by atoms with Crippen molar-refractivity contribution in [2.75, 3.05) is 0 Å². The van der Waals surface area contributed by atoms with Crippen LogP contribution in [0.1, 0.15) is 0 Å². The number of rotatable bonds is 4. The van der Waals surface area contributed by atoms with Gasteiger partial charge in [0.2, 0.25) is 0 Å². The van der Waals surface area contributed by atoms with E-state index in [-0.39, 0.29) is 0 Å². The molecule has 0 amide bonds. The molecule has 0 bridgehead atoms. The van der Waals surface area contributed by atoms with Crippen molar-refractivity contribution in [2.24, 2.45) is 0 Å². The van der Waals surface area contributed by atoms with E-state index in [1.165, 1.54) is 0 Å². The molecule has 52 heavy (non-hydrogen) atoms. The first kappa shape index (κ1) is 28.6. The second kappa shape index (κ2) is 11.2. The van der Waals surface area contributed by atoms with Crippen molar-refractivity contribution < 1.29 is 8.83 Å². The molecule has 0 aliphatic heterocycles. The van der Waals surface area contributed by atoms with Gasteiger partial charge in [0.1, 0.15) is 22.3 Å². The summed E-state index contributed by atoms with van der Waals surface area (Å²) in [7, 11) is 0. The zero-order valence-electron chi connectivity index (χ0n) is 27.6. The minimum absolute atomic E-state index is 0.626. The van der Waals surface area contributed by atoms with Crippen LogP contribution in [0.5, 0.6) is 0 Å². The van der Waals surface area contributed by atoms with Crippen LogP contribution in [0, 0.1) is 0 Å². The van der Waals surface area contributed by atoms with Gasteiger partial charge in [-0.25, -0.2) is 19.9 Å². The smallest absolute Gasteiger partial charge is 0.161 e. The number of hydrogen-bond donors (Lipinski definition) is 0. The van der Waals surface area contributed by atoms with E-state index >= 15 is 0 Å². The number of fused-ring (bicyclic) bond motifs is 8. The number of furan rings is 2. The number of aromatic nitrogens is 4. The van der Waals surface area contributed by atoms with Crippen LogP contribution in [0.3, 0.4) is 0 Å². The molecular formula is C46H26N4O2. The average Bonchev–Trinajstić information content (AvgIpc) is 3.79. The largest absolute Gasteiger partial charge is 0.456 e. The molecule has 0 fully saturated rings. The Balaban J connectivity index is 1.14. The van der Waals surface area contributed by atoms with Crippen LogP contribution in [-0.2, 0) is 0 Å². The zero-order valence-corrected chi connectivity index (χ0v) is 27.6.